The average Bonchev–Trinajstić information content (AvgIpc) is 2.62. The van der Waals surface area contributed by atoms with Crippen LogP contribution in [0.1, 0.15) is 11.1 Å². The lowest BCUT2D eigenvalue weighted by Crippen LogP contribution is -2.03. The van der Waals surface area contributed by atoms with E-state index in [0.717, 1.165) is 23.3 Å². The quantitative estimate of drug-likeness (QED) is 0.731. The van der Waals surface area contributed by atoms with Gasteiger partial charge in [0.05, 0.1) is 0 Å². The van der Waals surface area contributed by atoms with Gasteiger partial charge in [-0.1, -0.05) is 72.8 Å². The molecule has 0 aromatic heterocycles. The molecule has 0 aliphatic carbocycles. The number of rotatable bonds is 6. The Balaban J connectivity index is 1.73. The average molecular weight is 303 g/mol. The first-order valence-corrected chi connectivity index (χ1v) is 7.92. The Morgan fingerprint density at radius 2 is 1.35 bits per heavy atom. The first-order chi connectivity index (χ1) is 11.4. The molecule has 0 unspecified atom stereocenters. The van der Waals surface area contributed by atoms with Crippen LogP contribution in [-0.2, 0) is 13.0 Å². The van der Waals surface area contributed by atoms with Crippen LogP contribution < -0.4 is 10.5 Å². The zero-order valence-corrected chi connectivity index (χ0v) is 13.1. The third-order valence-corrected chi connectivity index (χ3v) is 3.82. The van der Waals surface area contributed by atoms with Crippen LogP contribution in [0.5, 0.6) is 5.75 Å². The van der Waals surface area contributed by atoms with Crippen LogP contribution in [0.4, 0.5) is 0 Å². The Kier molecular flexibility index (Phi) is 5.07. The second-order valence-corrected chi connectivity index (χ2v) is 5.51. The molecule has 0 heterocycles. The number of ether oxygens (including phenoxy) is 1. The molecule has 0 atom stereocenters. The van der Waals surface area contributed by atoms with E-state index in [-0.39, 0.29) is 0 Å². The van der Waals surface area contributed by atoms with Crippen LogP contribution in [0.2, 0.25) is 0 Å². The molecular formula is C21H21NO. The van der Waals surface area contributed by atoms with Crippen molar-refractivity contribution in [2.45, 2.75) is 13.0 Å². The van der Waals surface area contributed by atoms with E-state index in [9.17, 15) is 0 Å². The van der Waals surface area contributed by atoms with Gasteiger partial charge in [-0.2, -0.15) is 0 Å². The molecule has 0 saturated carbocycles. The zero-order chi connectivity index (χ0) is 15.9. The van der Waals surface area contributed by atoms with Gasteiger partial charge >= 0.3 is 0 Å². The molecule has 0 bridgehead atoms. The normalized spacial score (nSPS) is 10.5. The van der Waals surface area contributed by atoms with Crippen LogP contribution in [0, 0.1) is 0 Å². The van der Waals surface area contributed by atoms with Crippen molar-refractivity contribution in [1.29, 1.82) is 0 Å². The largest absolute Gasteiger partial charge is 0.488 e. The summed E-state index contributed by atoms with van der Waals surface area (Å²) in [6.45, 7) is 1.24. The van der Waals surface area contributed by atoms with Gasteiger partial charge in [-0.15, -0.1) is 0 Å². The van der Waals surface area contributed by atoms with Crippen molar-refractivity contribution < 1.29 is 4.74 Å². The first kappa shape index (κ1) is 15.3. The number of benzene rings is 3. The van der Waals surface area contributed by atoms with Gasteiger partial charge < -0.3 is 10.5 Å². The van der Waals surface area contributed by atoms with Crippen LogP contribution in [-0.4, -0.2) is 6.54 Å². The van der Waals surface area contributed by atoms with Gasteiger partial charge in [-0.05, 0) is 35.7 Å². The third-order valence-electron chi connectivity index (χ3n) is 3.82. The fraction of sp³-hybridized carbons (Fsp3) is 0.143. The maximum absolute atomic E-state index is 6.05. The maximum Gasteiger partial charge on any atom is 0.127 e. The monoisotopic (exact) mass is 303 g/mol. The predicted octanol–water partition coefficient (Wildman–Crippen LogP) is 4.43. The Hall–Kier alpha value is -2.58. The lowest BCUT2D eigenvalue weighted by molar-refractivity contribution is 0.307. The van der Waals surface area contributed by atoms with E-state index in [1.165, 1.54) is 11.1 Å². The number of hydrogen-bond donors (Lipinski definition) is 1. The Morgan fingerprint density at radius 1 is 0.696 bits per heavy atom. The van der Waals surface area contributed by atoms with Gasteiger partial charge in [-0.3, -0.25) is 0 Å². The third kappa shape index (κ3) is 3.99. The molecule has 3 rings (SSSR count). The number of hydrogen-bond acceptors (Lipinski definition) is 2. The summed E-state index contributed by atoms with van der Waals surface area (Å²) in [6, 6.07) is 26.9. The topological polar surface area (TPSA) is 35.2 Å². The molecule has 23 heavy (non-hydrogen) atoms. The van der Waals surface area contributed by atoms with Gasteiger partial charge in [-0.25, -0.2) is 0 Å². The molecule has 3 aromatic rings. The van der Waals surface area contributed by atoms with Gasteiger partial charge in [0.2, 0.25) is 0 Å². The molecule has 0 saturated heterocycles. The van der Waals surface area contributed by atoms with E-state index in [0.29, 0.717) is 13.2 Å². The highest BCUT2D eigenvalue weighted by Gasteiger charge is 2.05. The Morgan fingerprint density at radius 3 is 2.09 bits per heavy atom. The van der Waals surface area contributed by atoms with Crippen LogP contribution in [0.3, 0.4) is 0 Å². The summed E-state index contributed by atoms with van der Waals surface area (Å²) in [5, 5.41) is 0. The number of nitrogens with two attached hydrogens (primary N) is 1. The van der Waals surface area contributed by atoms with E-state index in [1.54, 1.807) is 0 Å². The highest BCUT2D eigenvalue weighted by molar-refractivity contribution is 5.70. The van der Waals surface area contributed by atoms with Gasteiger partial charge in [0.25, 0.3) is 0 Å². The van der Waals surface area contributed by atoms with Crippen molar-refractivity contribution in [3.8, 4) is 16.9 Å². The fourth-order valence-electron chi connectivity index (χ4n) is 2.58. The maximum atomic E-state index is 6.05. The second-order valence-electron chi connectivity index (χ2n) is 5.51. The number of para-hydroxylation sites is 1. The molecule has 0 aliphatic rings. The van der Waals surface area contributed by atoms with Crippen molar-refractivity contribution in [3.05, 3.63) is 90.0 Å². The molecule has 2 heteroatoms. The van der Waals surface area contributed by atoms with E-state index in [4.69, 9.17) is 10.5 Å². The predicted molar refractivity (Wildman–Crippen MR) is 95.4 cm³/mol. The Bertz CT molecular complexity index is 735. The van der Waals surface area contributed by atoms with Crippen molar-refractivity contribution in [3.63, 3.8) is 0 Å². The molecule has 0 amide bonds. The zero-order valence-electron chi connectivity index (χ0n) is 13.1. The second kappa shape index (κ2) is 7.61. The minimum atomic E-state index is 0.562. The van der Waals surface area contributed by atoms with Crippen molar-refractivity contribution in [1.82, 2.24) is 0 Å². The first-order valence-electron chi connectivity index (χ1n) is 7.92. The van der Waals surface area contributed by atoms with E-state index in [2.05, 4.69) is 42.5 Å². The SMILES string of the molecule is NCCc1ccc(COc2ccccc2-c2ccccc2)cc1. The lowest BCUT2D eigenvalue weighted by Gasteiger charge is -2.12. The molecular weight excluding hydrogens is 282 g/mol. The summed E-state index contributed by atoms with van der Waals surface area (Å²) in [6.07, 6.45) is 0.915. The van der Waals surface area contributed by atoms with Gasteiger partial charge in [0.1, 0.15) is 12.4 Å². The standard InChI is InChI=1S/C21H21NO/c22-15-14-17-10-12-18(13-11-17)16-23-21-9-5-4-8-20(21)19-6-2-1-3-7-19/h1-13H,14-16,22H2. The molecule has 116 valence electrons. The molecule has 0 aliphatic heterocycles. The molecule has 0 fully saturated rings. The summed E-state index contributed by atoms with van der Waals surface area (Å²) in [7, 11) is 0. The minimum absolute atomic E-state index is 0.562. The Labute approximate surface area is 137 Å². The van der Waals surface area contributed by atoms with E-state index < -0.39 is 0 Å². The summed E-state index contributed by atoms with van der Waals surface area (Å²) in [5.41, 5.74) is 10.3. The van der Waals surface area contributed by atoms with Crippen molar-refractivity contribution in [2.24, 2.45) is 5.73 Å². The molecule has 0 spiro atoms. The van der Waals surface area contributed by atoms with Crippen LogP contribution in [0.25, 0.3) is 11.1 Å². The summed E-state index contributed by atoms with van der Waals surface area (Å²) in [4.78, 5) is 0. The van der Waals surface area contributed by atoms with Gasteiger partial charge in [0, 0.05) is 5.56 Å². The van der Waals surface area contributed by atoms with Crippen molar-refractivity contribution >= 4 is 0 Å². The summed E-state index contributed by atoms with van der Waals surface area (Å²) in [5.74, 6) is 0.907. The minimum Gasteiger partial charge on any atom is -0.488 e. The molecule has 0 radical (unpaired) electrons. The van der Waals surface area contributed by atoms with Crippen molar-refractivity contribution in [2.75, 3.05) is 6.54 Å². The van der Waals surface area contributed by atoms with E-state index >= 15 is 0 Å². The summed E-state index contributed by atoms with van der Waals surface area (Å²) >= 11 is 0. The van der Waals surface area contributed by atoms with Gasteiger partial charge in [0.15, 0.2) is 0 Å². The smallest absolute Gasteiger partial charge is 0.127 e. The molecule has 2 N–H and O–H groups in total. The van der Waals surface area contributed by atoms with E-state index in [1.807, 2.05) is 36.4 Å². The lowest BCUT2D eigenvalue weighted by atomic mass is 10.0. The summed E-state index contributed by atoms with van der Waals surface area (Å²) < 4.78 is 6.05. The molecule has 2 nitrogen and oxygen atoms in total. The molecule has 3 aromatic carbocycles. The fourth-order valence-corrected chi connectivity index (χ4v) is 2.58. The highest BCUT2D eigenvalue weighted by Crippen LogP contribution is 2.30. The highest BCUT2D eigenvalue weighted by atomic mass is 16.5. The van der Waals surface area contributed by atoms with Crippen LogP contribution in [0.15, 0.2) is 78.9 Å². The van der Waals surface area contributed by atoms with Crippen LogP contribution >= 0.6 is 0 Å².